The molecule has 0 saturated heterocycles. The predicted molar refractivity (Wildman–Crippen MR) is 79.2 cm³/mol. The van der Waals surface area contributed by atoms with Gasteiger partial charge in [-0.15, -0.1) is 24.8 Å². The smallest absolute Gasteiger partial charge is 0.0580 e. The first-order valence-electron chi connectivity index (χ1n) is 5.18. The van der Waals surface area contributed by atoms with Gasteiger partial charge in [0, 0.05) is 18.7 Å². The van der Waals surface area contributed by atoms with Gasteiger partial charge in [-0.05, 0) is 26.2 Å². The summed E-state index contributed by atoms with van der Waals surface area (Å²) in [6.45, 7) is 2.78. The van der Waals surface area contributed by atoms with Crippen molar-refractivity contribution in [1.82, 2.24) is 10.2 Å². The molecule has 0 atom stereocenters. The molecule has 0 aliphatic carbocycles. The molecule has 0 spiro atoms. The highest BCUT2D eigenvalue weighted by Crippen LogP contribution is 1.93. The maximum Gasteiger partial charge on any atom is 0.0580 e. The van der Waals surface area contributed by atoms with Crippen molar-refractivity contribution in [3.63, 3.8) is 0 Å². The van der Waals surface area contributed by atoms with Crippen molar-refractivity contribution >= 4 is 24.8 Å². The van der Waals surface area contributed by atoms with Crippen molar-refractivity contribution in [2.75, 3.05) is 33.7 Å². The van der Waals surface area contributed by atoms with Gasteiger partial charge >= 0.3 is 0 Å². The van der Waals surface area contributed by atoms with Gasteiger partial charge in [0.25, 0.3) is 0 Å². The molecule has 0 aliphatic heterocycles. The first-order chi connectivity index (χ1) is 7.29. The highest BCUT2D eigenvalue weighted by atomic mass is 35.5. The SMILES string of the molecule is CN(C)CCNCC#Cc1ccccc1.Cl.Cl. The number of hydrogen-bond acceptors (Lipinski definition) is 2. The molecule has 4 heteroatoms. The fourth-order valence-electron chi connectivity index (χ4n) is 1.12. The Morgan fingerprint density at radius 3 is 2.35 bits per heavy atom. The predicted octanol–water partition coefficient (Wildman–Crippen LogP) is 2.03. The van der Waals surface area contributed by atoms with E-state index >= 15 is 0 Å². The Balaban J connectivity index is 0. The lowest BCUT2D eigenvalue weighted by atomic mass is 10.2. The molecule has 0 heterocycles. The molecule has 0 aromatic heterocycles. The average Bonchev–Trinajstić information content (AvgIpc) is 2.24. The van der Waals surface area contributed by atoms with Crippen LogP contribution in [0.5, 0.6) is 0 Å². The van der Waals surface area contributed by atoms with Crippen molar-refractivity contribution in [2.45, 2.75) is 0 Å². The largest absolute Gasteiger partial charge is 0.308 e. The number of hydrogen-bond donors (Lipinski definition) is 1. The van der Waals surface area contributed by atoms with Crippen molar-refractivity contribution < 1.29 is 0 Å². The Bertz CT molecular complexity index is 328. The van der Waals surface area contributed by atoms with Crippen LogP contribution in [0, 0.1) is 11.8 Å². The van der Waals surface area contributed by atoms with Gasteiger partial charge in [0.1, 0.15) is 0 Å². The van der Waals surface area contributed by atoms with Gasteiger partial charge in [-0.25, -0.2) is 0 Å². The average molecular weight is 275 g/mol. The molecular formula is C13H20Cl2N2. The highest BCUT2D eigenvalue weighted by Gasteiger charge is 1.87. The molecule has 0 fully saturated rings. The summed E-state index contributed by atoms with van der Waals surface area (Å²) in [6.07, 6.45) is 0. The first kappa shape index (κ1) is 18.6. The van der Waals surface area contributed by atoms with Crippen molar-refractivity contribution in [3.05, 3.63) is 35.9 Å². The van der Waals surface area contributed by atoms with Crippen molar-refractivity contribution in [1.29, 1.82) is 0 Å². The third-order valence-corrected chi connectivity index (χ3v) is 1.96. The van der Waals surface area contributed by atoms with Crippen LogP contribution in [0.4, 0.5) is 0 Å². The number of benzene rings is 1. The van der Waals surface area contributed by atoms with Gasteiger partial charge < -0.3 is 10.2 Å². The molecule has 1 rings (SSSR count). The molecule has 1 aromatic rings. The minimum Gasteiger partial charge on any atom is -0.308 e. The van der Waals surface area contributed by atoms with Gasteiger partial charge in [-0.3, -0.25) is 0 Å². The summed E-state index contributed by atoms with van der Waals surface area (Å²) in [6, 6.07) is 10.0. The van der Waals surface area contributed by atoms with Gasteiger partial charge in [-0.1, -0.05) is 30.0 Å². The Labute approximate surface area is 117 Å². The highest BCUT2D eigenvalue weighted by molar-refractivity contribution is 5.85. The third kappa shape index (κ3) is 10.2. The van der Waals surface area contributed by atoms with Gasteiger partial charge in [0.05, 0.1) is 6.54 Å². The summed E-state index contributed by atoms with van der Waals surface area (Å²) in [4.78, 5) is 2.15. The van der Waals surface area contributed by atoms with Gasteiger partial charge in [0.2, 0.25) is 0 Å². The van der Waals surface area contributed by atoms with Crippen LogP contribution in [0.3, 0.4) is 0 Å². The zero-order chi connectivity index (χ0) is 10.9. The standard InChI is InChI=1S/C13H18N2.2ClH/c1-15(2)12-11-14-10-6-9-13-7-4-3-5-8-13;;/h3-5,7-8,14H,10-12H2,1-2H3;2*1H. The van der Waals surface area contributed by atoms with Crippen LogP contribution >= 0.6 is 24.8 Å². The van der Waals surface area contributed by atoms with E-state index in [1.165, 1.54) is 0 Å². The molecule has 0 radical (unpaired) electrons. The first-order valence-corrected chi connectivity index (χ1v) is 5.18. The lowest BCUT2D eigenvalue weighted by Gasteiger charge is -2.08. The van der Waals surface area contributed by atoms with Crippen molar-refractivity contribution in [3.8, 4) is 11.8 Å². The zero-order valence-corrected chi connectivity index (χ0v) is 11.9. The van der Waals surface area contributed by atoms with E-state index in [-0.39, 0.29) is 24.8 Å². The van der Waals surface area contributed by atoms with Crippen LogP contribution < -0.4 is 5.32 Å². The van der Waals surface area contributed by atoms with E-state index in [9.17, 15) is 0 Å². The molecule has 17 heavy (non-hydrogen) atoms. The number of halogens is 2. The second kappa shape index (κ2) is 11.8. The molecule has 0 aliphatic rings. The number of likely N-dealkylation sites (N-methyl/N-ethyl adjacent to an activating group) is 1. The Morgan fingerprint density at radius 2 is 1.76 bits per heavy atom. The van der Waals surface area contributed by atoms with E-state index in [1.807, 2.05) is 30.3 Å². The minimum absolute atomic E-state index is 0. The Kier molecular flexibility index (Phi) is 12.9. The van der Waals surface area contributed by atoms with Crippen LogP contribution in [0.25, 0.3) is 0 Å². The quantitative estimate of drug-likeness (QED) is 0.668. The summed E-state index contributed by atoms with van der Waals surface area (Å²) in [5, 5.41) is 3.27. The van der Waals surface area contributed by atoms with Crippen LogP contribution in [0.2, 0.25) is 0 Å². The Hall–Kier alpha value is -0.720. The van der Waals surface area contributed by atoms with Crippen LogP contribution in [-0.4, -0.2) is 38.6 Å². The van der Waals surface area contributed by atoms with E-state index in [0.29, 0.717) is 0 Å². The fourth-order valence-corrected chi connectivity index (χ4v) is 1.12. The normalized spacial score (nSPS) is 8.65. The summed E-state index contributed by atoms with van der Waals surface area (Å²) < 4.78 is 0. The van der Waals surface area contributed by atoms with E-state index in [2.05, 4.69) is 36.2 Å². The lowest BCUT2D eigenvalue weighted by molar-refractivity contribution is 0.405. The summed E-state index contributed by atoms with van der Waals surface area (Å²) in [5.74, 6) is 6.20. The molecule has 1 N–H and O–H groups in total. The fraction of sp³-hybridized carbons (Fsp3) is 0.385. The molecule has 2 nitrogen and oxygen atoms in total. The third-order valence-electron chi connectivity index (χ3n) is 1.96. The van der Waals surface area contributed by atoms with E-state index in [1.54, 1.807) is 0 Å². The second-order valence-electron chi connectivity index (χ2n) is 3.65. The van der Waals surface area contributed by atoms with E-state index < -0.39 is 0 Å². The maximum absolute atomic E-state index is 3.27. The molecule has 96 valence electrons. The Morgan fingerprint density at radius 1 is 1.12 bits per heavy atom. The molecule has 0 amide bonds. The molecule has 0 bridgehead atoms. The molecule has 1 aromatic carbocycles. The van der Waals surface area contributed by atoms with Gasteiger partial charge in [-0.2, -0.15) is 0 Å². The van der Waals surface area contributed by atoms with Crippen LogP contribution in [-0.2, 0) is 0 Å². The molecule has 0 saturated carbocycles. The van der Waals surface area contributed by atoms with Crippen LogP contribution in [0.15, 0.2) is 30.3 Å². The molecule has 0 unspecified atom stereocenters. The van der Waals surface area contributed by atoms with Crippen LogP contribution in [0.1, 0.15) is 5.56 Å². The zero-order valence-electron chi connectivity index (χ0n) is 10.3. The van der Waals surface area contributed by atoms with E-state index in [4.69, 9.17) is 0 Å². The summed E-state index contributed by atoms with van der Waals surface area (Å²) >= 11 is 0. The molecular weight excluding hydrogens is 255 g/mol. The monoisotopic (exact) mass is 274 g/mol. The van der Waals surface area contributed by atoms with E-state index in [0.717, 1.165) is 25.2 Å². The topological polar surface area (TPSA) is 15.3 Å². The summed E-state index contributed by atoms with van der Waals surface area (Å²) in [5.41, 5.74) is 1.08. The maximum atomic E-state index is 3.27. The summed E-state index contributed by atoms with van der Waals surface area (Å²) in [7, 11) is 4.13. The van der Waals surface area contributed by atoms with Gasteiger partial charge in [0.15, 0.2) is 0 Å². The second-order valence-corrected chi connectivity index (χ2v) is 3.65. The minimum atomic E-state index is 0. The number of rotatable bonds is 4. The number of nitrogens with zero attached hydrogens (tertiary/aromatic N) is 1. The van der Waals surface area contributed by atoms with Crippen molar-refractivity contribution in [2.24, 2.45) is 0 Å². The lowest BCUT2D eigenvalue weighted by Crippen LogP contribution is -2.26. The number of nitrogens with one attached hydrogen (secondary N) is 1.